The summed E-state index contributed by atoms with van der Waals surface area (Å²) < 4.78 is 2.24. The summed E-state index contributed by atoms with van der Waals surface area (Å²) in [5, 5.41) is 8.49. The molecule has 1 aliphatic carbocycles. The Bertz CT molecular complexity index is 826. The summed E-state index contributed by atoms with van der Waals surface area (Å²) >= 11 is 0. The molecule has 1 aromatic carbocycles. The van der Waals surface area contributed by atoms with Crippen molar-refractivity contribution in [3.63, 3.8) is 0 Å². The molecule has 6 heteroatoms. The Balaban J connectivity index is 0.00000225. The number of carbonyl (C=O) groups is 1. The molecule has 1 amide bonds. The number of carbonyl (C=O) groups excluding carboxylic acids is 1. The maximum absolute atomic E-state index is 11.9. The minimum atomic E-state index is 0. The molecule has 0 radical (unpaired) electrons. The van der Waals surface area contributed by atoms with Crippen molar-refractivity contribution in [3.05, 3.63) is 41.1 Å². The molecule has 152 valence electrons. The molecule has 2 aromatic rings. The first-order valence-corrected chi connectivity index (χ1v) is 10.3. The van der Waals surface area contributed by atoms with Crippen molar-refractivity contribution in [2.45, 2.75) is 65.5 Å². The fourth-order valence-electron chi connectivity index (χ4n) is 4.48. The molecule has 0 atom stereocenters. The number of anilines is 2. The Hall–Kier alpha value is -2.01. The van der Waals surface area contributed by atoms with Gasteiger partial charge in [-0.2, -0.15) is 5.10 Å². The second-order valence-corrected chi connectivity index (χ2v) is 8.15. The normalized spacial score (nSPS) is 17.0. The molecule has 2 heterocycles. The average molecular weight is 403 g/mol. The third-order valence-corrected chi connectivity index (χ3v) is 6.02. The monoisotopic (exact) mass is 402 g/mol. The summed E-state index contributed by atoms with van der Waals surface area (Å²) in [6, 6.07) is 8.37. The van der Waals surface area contributed by atoms with Crippen LogP contribution in [0.1, 0.15) is 55.8 Å². The minimum Gasteiger partial charge on any atom is -0.338 e. The zero-order valence-electron chi connectivity index (χ0n) is 16.9. The molecule has 0 spiro atoms. The van der Waals surface area contributed by atoms with E-state index in [1.54, 1.807) is 6.92 Å². The number of rotatable bonds is 4. The molecule has 1 fully saturated rings. The van der Waals surface area contributed by atoms with Crippen molar-refractivity contribution in [1.29, 1.82) is 0 Å². The van der Waals surface area contributed by atoms with Gasteiger partial charge in [0.05, 0.1) is 6.54 Å². The lowest BCUT2D eigenvalue weighted by Gasteiger charge is -2.28. The van der Waals surface area contributed by atoms with E-state index in [-0.39, 0.29) is 18.3 Å². The SMILES string of the molecule is CC(=O)N1CCc2c(c(Nc3cccc(C)c3)nn2CC2CCCCC2)C1.Cl. The largest absolute Gasteiger partial charge is 0.338 e. The zero-order valence-corrected chi connectivity index (χ0v) is 17.7. The lowest BCUT2D eigenvalue weighted by Crippen LogP contribution is -2.35. The van der Waals surface area contributed by atoms with Crippen molar-refractivity contribution in [1.82, 2.24) is 14.7 Å². The van der Waals surface area contributed by atoms with Crippen LogP contribution in [0.15, 0.2) is 24.3 Å². The highest BCUT2D eigenvalue weighted by Gasteiger charge is 2.27. The third-order valence-electron chi connectivity index (χ3n) is 6.02. The summed E-state index contributed by atoms with van der Waals surface area (Å²) in [7, 11) is 0. The van der Waals surface area contributed by atoms with Crippen molar-refractivity contribution in [3.8, 4) is 0 Å². The quantitative estimate of drug-likeness (QED) is 0.795. The van der Waals surface area contributed by atoms with Gasteiger partial charge in [0, 0.05) is 43.4 Å². The molecule has 1 N–H and O–H groups in total. The fraction of sp³-hybridized carbons (Fsp3) is 0.545. The van der Waals surface area contributed by atoms with E-state index in [0.29, 0.717) is 6.54 Å². The lowest BCUT2D eigenvalue weighted by atomic mass is 9.89. The van der Waals surface area contributed by atoms with Gasteiger partial charge in [-0.15, -0.1) is 12.4 Å². The van der Waals surface area contributed by atoms with Crippen LogP contribution in [0.5, 0.6) is 0 Å². The van der Waals surface area contributed by atoms with E-state index in [1.807, 2.05) is 4.90 Å². The Labute approximate surface area is 173 Å². The van der Waals surface area contributed by atoms with E-state index < -0.39 is 0 Å². The standard InChI is InChI=1S/C22H30N4O.ClH/c1-16-7-6-10-19(13-16)23-22-20-15-25(17(2)27)12-11-21(20)26(24-22)14-18-8-4-3-5-9-18;/h6-7,10,13,18H,3-5,8-9,11-12,14-15H2,1-2H3,(H,23,24);1H. The number of aryl methyl sites for hydroxylation is 1. The Morgan fingerprint density at radius 2 is 2.04 bits per heavy atom. The van der Waals surface area contributed by atoms with E-state index in [0.717, 1.165) is 36.9 Å². The first kappa shape index (κ1) is 20.7. The molecule has 0 unspecified atom stereocenters. The molecule has 5 nitrogen and oxygen atoms in total. The highest BCUT2D eigenvalue weighted by atomic mass is 35.5. The first-order chi connectivity index (χ1) is 13.1. The number of hydrogen-bond acceptors (Lipinski definition) is 3. The van der Waals surface area contributed by atoms with Crippen LogP contribution in [0.2, 0.25) is 0 Å². The first-order valence-electron chi connectivity index (χ1n) is 10.3. The highest BCUT2D eigenvalue weighted by Crippen LogP contribution is 2.31. The van der Waals surface area contributed by atoms with Crippen LogP contribution in [0.25, 0.3) is 0 Å². The van der Waals surface area contributed by atoms with Crippen molar-refractivity contribution in [2.75, 3.05) is 11.9 Å². The number of hydrogen-bond donors (Lipinski definition) is 1. The van der Waals surface area contributed by atoms with Gasteiger partial charge >= 0.3 is 0 Å². The molecule has 28 heavy (non-hydrogen) atoms. The maximum Gasteiger partial charge on any atom is 0.219 e. The summed E-state index contributed by atoms with van der Waals surface area (Å²) in [4.78, 5) is 13.9. The topological polar surface area (TPSA) is 50.2 Å². The molecule has 0 saturated heterocycles. The number of halogens is 1. The maximum atomic E-state index is 11.9. The molecular formula is C22H31ClN4O. The van der Waals surface area contributed by atoms with Gasteiger partial charge in [-0.05, 0) is 43.4 Å². The van der Waals surface area contributed by atoms with Crippen LogP contribution >= 0.6 is 12.4 Å². The van der Waals surface area contributed by atoms with Crippen molar-refractivity contribution < 1.29 is 4.79 Å². The van der Waals surface area contributed by atoms with E-state index >= 15 is 0 Å². The Morgan fingerprint density at radius 1 is 1.25 bits per heavy atom. The molecule has 1 saturated carbocycles. The average Bonchev–Trinajstić information content (AvgIpc) is 2.99. The van der Waals surface area contributed by atoms with Gasteiger partial charge in [-0.3, -0.25) is 9.48 Å². The number of nitrogens with zero attached hydrogens (tertiary/aromatic N) is 3. The van der Waals surface area contributed by atoms with Gasteiger partial charge < -0.3 is 10.2 Å². The summed E-state index contributed by atoms with van der Waals surface area (Å²) in [6.07, 6.45) is 7.59. The predicted octanol–water partition coefficient (Wildman–Crippen LogP) is 4.84. The van der Waals surface area contributed by atoms with Crippen LogP contribution in [-0.2, 0) is 24.3 Å². The second kappa shape index (κ2) is 8.99. The smallest absolute Gasteiger partial charge is 0.219 e. The second-order valence-electron chi connectivity index (χ2n) is 8.15. The summed E-state index contributed by atoms with van der Waals surface area (Å²) in [5.41, 5.74) is 4.78. The van der Waals surface area contributed by atoms with Crippen molar-refractivity contribution in [2.24, 2.45) is 5.92 Å². The van der Waals surface area contributed by atoms with Gasteiger partial charge in [0.2, 0.25) is 5.91 Å². The van der Waals surface area contributed by atoms with Gasteiger partial charge in [0.1, 0.15) is 0 Å². The number of fused-ring (bicyclic) bond motifs is 1. The third kappa shape index (κ3) is 4.52. The summed E-state index contributed by atoms with van der Waals surface area (Å²) in [5.74, 6) is 1.79. The predicted molar refractivity (Wildman–Crippen MR) is 115 cm³/mol. The molecule has 1 aliphatic heterocycles. The minimum absolute atomic E-state index is 0. The lowest BCUT2D eigenvalue weighted by molar-refractivity contribution is -0.129. The van der Waals surface area contributed by atoms with Gasteiger partial charge in [0.15, 0.2) is 5.82 Å². The van der Waals surface area contributed by atoms with E-state index in [4.69, 9.17) is 5.10 Å². The van der Waals surface area contributed by atoms with Crippen LogP contribution in [0.4, 0.5) is 11.5 Å². The fourth-order valence-corrected chi connectivity index (χ4v) is 4.48. The summed E-state index contributed by atoms with van der Waals surface area (Å²) in [6.45, 7) is 6.22. The molecule has 0 bridgehead atoms. The number of benzene rings is 1. The molecular weight excluding hydrogens is 372 g/mol. The molecule has 4 rings (SSSR count). The molecule has 1 aromatic heterocycles. The number of aromatic nitrogens is 2. The highest BCUT2D eigenvalue weighted by molar-refractivity contribution is 5.85. The van der Waals surface area contributed by atoms with Crippen LogP contribution < -0.4 is 5.32 Å². The van der Waals surface area contributed by atoms with Crippen molar-refractivity contribution >= 4 is 29.8 Å². The van der Waals surface area contributed by atoms with Crippen LogP contribution in [-0.4, -0.2) is 27.1 Å². The number of amides is 1. The Morgan fingerprint density at radius 3 is 2.75 bits per heavy atom. The molecule has 2 aliphatic rings. The van der Waals surface area contributed by atoms with E-state index in [1.165, 1.54) is 48.9 Å². The van der Waals surface area contributed by atoms with E-state index in [2.05, 4.69) is 41.2 Å². The van der Waals surface area contributed by atoms with Crippen LogP contribution in [0.3, 0.4) is 0 Å². The number of nitrogens with one attached hydrogen (secondary N) is 1. The van der Waals surface area contributed by atoms with Gasteiger partial charge in [0.25, 0.3) is 0 Å². The van der Waals surface area contributed by atoms with Gasteiger partial charge in [-0.25, -0.2) is 0 Å². The van der Waals surface area contributed by atoms with Crippen LogP contribution in [0, 0.1) is 12.8 Å². The Kier molecular flexibility index (Phi) is 6.65. The van der Waals surface area contributed by atoms with Gasteiger partial charge in [-0.1, -0.05) is 31.4 Å². The van der Waals surface area contributed by atoms with E-state index in [9.17, 15) is 4.79 Å². The zero-order chi connectivity index (χ0) is 18.8.